The summed E-state index contributed by atoms with van der Waals surface area (Å²) in [5.41, 5.74) is 0. The molecule has 4 nitrogen and oxygen atoms in total. The van der Waals surface area contributed by atoms with E-state index in [4.69, 9.17) is 4.74 Å². The fourth-order valence-corrected chi connectivity index (χ4v) is 3.29. The van der Waals surface area contributed by atoms with Crippen molar-refractivity contribution in [2.75, 3.05) is 20.3 Å². The van der Waals surface area contributed by atoms with Gasteiger partial charge in [-0.1, -0.05) is 25.7 Å². The van der Waals surface area contributed by atoms with Gasteiger partial charge in [-0.3, -0.25) is 0 Å². The van der Waals surface area contributed by atoms with Gasteiger partial charge < -0.3 is 10.1 Å². The topological polar surface area (TPSA) is 47.0 Å². The van der Waals surface area contributed by atoms with Crippen molar-refractivity contribution < 1.29 is 4.74 Å². The average molecular weight is 269 g/mol. The lowest BCUT2D eigenvalue weighted by Gasteiger charge is -2.05. The first-order valence-electron chi connectivity index (χ1n) is 6.89. The number of aromatic nitrogens is 2. The van der Waals surface area contributed by atoms with E-state index in [-0.39, 0.29) is 0 Å². The van der Waals surface area contributed by atoms with E-state index in [1.165, 1.54) is 37.1 Å². The molecule has 0 radical (unpaired) electrons. The summed E-state index contributed by atoms with van der Waals surface area (Å²) in [5.74, 6) is 0.942. The standard InChI is InChI=1S/C13H23N3OS/c1-17-9-8-14-10-13-16-15-12(18-13)7-6-11-4-2-3-5-11/h11,14H,2-10H2,1H3. The van der Waals surface area contributed by atoms with Gasteiger partial charge in [-0.15, -0.1) is 21.5 Å². The summed E-state index contributed by atoms with van der Waals surface area (Å²) < 4.78 is 4.99. The largest absolute Gasteiger partial charge is 0.383 e. The third-order valence-corrected chi connectivity index (χ3v) is 4.49. The van der Waals surface area contributed by atoms with Gasteiger partial charge in [-0.25, -0.2) is 0 Å². The number of ether oxygens (including phenoxy) is 1. The van der Waals surface area contributed by atoms with Gasteiger partial charge in [0.1, 0.15) is 10.0 Å². The molecule has 102 valence electrons. The summed E-state index contributed by atoms with van der Waals surface area (Å²) in [6.45, 7) is 2.42. The van der Waals surface area contributed by atoms with Crippen molar-refractivity contribution >= 4 is 11.3 Å². The number of hydrogen-bond donors (Lipinski definition) is 1. The van der Waals surface area contributed by atoms with E-state index in [0.717, 1.165) is 37.0 Å². The van der Waals surface area contributed by atoms with Gasteiger partial charge in [0.15, 0.2) is 0 Å². The van der Waals surface area contributed by atoms with Crippen molar-refractivity contribution in [3.8, 4) is 0 Å². The Morgan fingerprint density at radius 3 is 2.83 bits per heavy atom. The fourth-order valence-electron chi connectivity index (χ4n) is 2.46. The van der Waals surface area contributed by atoms with Gasteiger partial charge in [0.2, 0.25) is 0 Å². The smallest absolute Gasteiger partial charge is 0.131 e. The van der Waals surface area contributed by atoms with Crippen LogP contribution in [0.15, 0.2) is 0 Å². The maximum atomic E-state index is 4.99. The van der Waals surface area contributed by atoms with Crippen LogP contribution in [0, 0.1) is 5.92 Å². The Bertz CT molecular complexity index is 337. The lowest BCUT2D eigenvalue weighted by Crippen LogP contribution is -2.18. The molecule has 0 bridgehead atoms. The predicted molar refractivity (Wildman–Crippen MR) is 73.8 cm³/mol. The highest BCUT2D eigenvalue weighted by Gasteiger charge is 2.15. The zero-order valence-corrected chi connectivity index (χ0v) is 12.0. The molecule has 0 saturated heterocycles. The molecule has 1 N–H and O–H groups in total. The molecule has 1 aromatic heterocycles. The molecule has 2 rings (SSSR count). The maximum absolute atomic E-state index is 4.99. The molecule has 1 fully saturated rings. The molecule has 5 heteroatoms. The van der Waals surface area contributed by atoms with Gasteiger partial charge in [0, 0.05) is 26.6 Å². The van der Waals surface area contributed by atoms with Crippen LogP contribution in [0.25, 0.3) is 0 Å². The zero-order chi connectivity index (χ0) is 12.6. The van der Waals surface area contributed by atoms with Crippen LogP contribution >= 0.6 is 11.3 Å². The molecular formula is C13H23N3OS. The molecule has 0 amide bonds. The van der Waals surface area contributed by atoms with Crippen molar-refractivity contribution in [2.45, 2.75) is 45.1 Å². The van der Waals surface area contributed by atoms with Crippen molar-refractivity contribution in [3.05, 3.63) is 10.0 Å². The van der Waals surface area contributed by atoms with E-state index < -0.39 is 0 Å². The zero-order valence-electron chi connectivity index (χ0n) is 11.2. The third-order valence-electron chi connectivity index (χ3n) is 3.51. The first-order valence-corrected chi connectivity index (χ1v) is 7.71. The highest BCUT2D eigenvalue weighted by molar-refractivity contribution is 7.11. The fraction of sp³-hybridized carbons (Fsp3) is 0.846. The normalized spacial score (nSPS) is 16.5. The van der Waals surface area contributed by atoms with E-state index in [9.17, 15) is 0 Å². The molecule has 1 saturated carbocycles. The second-order valence-electron chi connectivity index (χ2n) is 4.95. The Morgan fingerprint density at radius 2 is 2.06 bits per heavy atom. The molecule has 1 aromatic rings. The summed E-state index contributed by atoms with van der Waals surface area (Å²) in [5, 5.41) is 14.1. The molecule has 0 unspecified atom stereocenters. The van der Waals surface area contributed by atoms with Crippen LogP contribution in [-0.2, 0) is 17.7 Å². The quantitative estimate of drug-likeness (QED) is 0.736. The van der Waals surface area contributed by atoms with Crippen LogP contribution in [0.5, 0.6) is 0 Å². The summed E-state index contributed by atoms with van der Waals surface area (Å²) >= 11 is 1.75. The molecule has 0 aliphatic heterocycles. The number of hydrogen-bond acceptors (Lipinski definition) is 5. The minimum Gasteiger partial charge on any atom is -0.383 e. The highest BCUT2D eigenvalue weighted by Crippen LogP contribution is 2.29. The lowest BCUT2D eigenvalue weighted by molar-refractivity contribution is 0.199. The summed E-state index contributed by atoms with van der Waals surface area (Å²) in [4.78, 5) is 0. The van der Waals surface area contributed by atoms with Gasteiger partial charge in [-0.05, 0) is 12.3 Å². The second kappa shape index (κ2) is 7.81. The summed E-state index contributed by atoms with van der Waals surface area (Å²) in [6.07, 6.45) is 8.10. The van der Waals surface area contributed by atoms with Gasteiger partial charge in [0.05, 0.1) is 6.61 Å². The van der Waals surface area contributed by atoms with Crippen LogP contribution in [0.4, 0.5) is 0 Å². The summed E-state index contributed by atoms with van der Waals surface area (Å²) in [6, 6.07) is 0. The van der Waals surface area contributed by atoms with E-state index in [2.05, 4.69) is 15.5 Å². The Hall–Kier alpha value is -0.520. The molecule has 1 aliphatic carbocycles. The van der Waals surface area contributed by atoms with Crippen molar-refractivity contribution in [1.82, 2.24) is 15.5 Å². The van der Waals surface area contributed by atoms with E-state index in [1.807, 2.05) is 0 Å². The van der Waals surface area contributed by atoms with Crippen molar-refractivity contribution in [3.63, 3.8) is 0 Å². The maximum Gasteiger partial charge on any atom is 0.131 e. The van der Waals surface area contributed by atoms with E-state index >= 15 is 0 Å². The first-order chi connectivity index (χ1) is 8.88. The van der Waals surface area contributed by atoms with Crippen molar-refractivity contribution in [1.29, 1.82) is 0 Å². The number of nitrogens with one attached hydrogen (secondary N) is 1. The van der Waals surface area contributed by atoms with Crippen LogP contribution < -0.4 is 5.32 Å². The second-order valence-corrected chi connectivity index (χ2v) is 6.09. The Morgan fingerprint density at radius 1 is 1.28 bits per heavy atom. The average Bonchev–Trinajstić information content (AvgIpc) is 3.03. The predicted octanol–water partition coefficient (Wildman–Crippen LogP) is 2.40. The minimum atomic E-state index is 0.743. The van der Waals surface area contributed by atoms with Crippen LogP contribution in [0.1, 0.15) is 42.1 Å². The molecule has 1 heterocycles. The minimum absolute atomic E-state index is 0.743. The monoisotopic (exact) mass is 269 g/mol. The Kier molecular flexibility index (Phi) is 6.04. The Labute approximate surface area is 113 Å². The van der Waals surface area contributed by atoms with Crippen molar-refractivity contribution in [2.24, 2.45) is 5.92 Å². The molecular weight excluding hydrogens is 246 g/mol. The number of rotatable bonds is 8. The van der Waals surface area contributed by atoms with Crippen LogP contribution in [0.2, 0.25) is 0 Å². The number of aryl methyl sites for hydroxylation is 1. The van der Waals surface area contributed by atoms with Gasteiger partial charge in [0.25, 0.3) is 0 Å². The molecule has 0 atom stereocenters. The van der Waals surface area contributed by atoms with Gasteiger partial charge in [-0.2, -0.15) is 0 Å². The molecule has 0 aromatic carbocycles. The molecule has 18 heavy (non-hydrogen) atoms. The number of methoxy groups -OCH3 is 1. The Balaban J connectivity index is 1.65. The number of nitrogens with zero attached hydrogens (tertiary/aromatic N) is 2. The lowest BCUT2D eigenvalue weighted by atomic mass is 10.0. The van der Waals surface area contributed by atoms with Crippen LogP contribution in [0.3, 0.4) is 0 Å². The highest BCUT2D eigenvalue weighted by atomic mass is 32.1. The first kappa shape index (κ1) is 13.9. The van der Waals surface area contributed by atoms with E-state index in [1.54, 1.807) is 18.4 Å². The van der Waals surface area contributed by atoms with E-state index in [0.29, 0.717) is 0 Å². The van der Waals surface area contributed by atoms with Crippen LogP contribution in [-0.4, -0.2) is 30.5 Å². The SMILES string of the molecule is COCCNCc1nnc(CCC2CCCC2)s1. The molecule has 1 aliphatic rings. The molecule has 0 spiro atoms. The van der Waals surface area contributed by atoms with Gasteiger partial charge >= 0.3 is 0 Å². The summed E-state index contributed by atoms with van der Waals surface area (Å²) in [7, 11) is 1.72. The third kappa shape index (κ3) is 4.63.